The molecule has 0 rings (SSSR count). The molecule has 0 spiro atoms. The van der Waals surface area contributed by atoms with Gasteiger partial charge < -0.3 is 10.8 Å². The van der Waals surface area contributed by atoms with Gasteiger partial charge >= 0.3 is 5.97 Å². The monoisotopic (exact) mass is 191 g/mol. The zero-order valence-electron chi connectivity index (χ0n) is 7.67. The zero-order valence-corrected chi connectivity index (χ0v) is 8.49. The smallest absolute Gasteiger partial charge is 0.309 e. The van der Waals surface area contributed by atoms with Crippen LogP contribution in [-0.4, -0.2) is 29.1 Å². The number of nitrogens with two attached hydrogens (primary N) is 1. The molecule has 0 fully saturated rings. The van der Waals surface area contributed by atoms with Crippen LogP contribution in [-0.2, 0) is 4.79 Å². The van der Waals surface area contributed by atoms with Crippen LogP contribution in [0.1, 0.15) is 20.3 Å². The summed E-state index contributed by atoms with van der Waals surface area (Å²) in [4.78, 5) is 10.6. The van der Waals surface area contributed by atoms with E-state index in [0.717, 1.165) is 12.2 Å². The molecule has 0 bridgehead atoms. The minimum atomic E-state index is -0.734. The quantitative estimate of drug-likeness (QED) is 0.619. The topological polar surface area (TPSA) is 63.3 Å². The Morgan fingerprint density at radius 3 is 2.58 bits per heavy atom. The van der Waals surface area contributed by atoms with E-state index in [1.54, 1.807) is 25.6 Å². The fourth-order valence-corrected chi connectivity index (χ4v) is 1.72. The fraction of sp³-hybridized carbons (Fsp3) is 0.875. The molecule has 12 heavy (non-hydrogen) atoms. The van der Waals surface area contributed by atoms with Crippen LogP contribution < -0.4 is 5.73 Å². The zero-order chi connectivity index (χ0) is 9.61. The third-order valence-corrected chi connectivity index (χ3v) is 3.04. The van der Waals surface area contributed by atoms with Crippen LogP contribution in [0.15, 0.2) is 0 Å². The molecular weight excluding hydrogens is 174 g/mol. The van der Waals surface area contributed by atoms with Gasteiger partial charge in [-0.1, -0.05) is 0 Å². The van der Waals surface area contributed by atoms with Gasteiger partial charge in [-0.3, -0.25) is 4.79 Å². The summed E-state index contributed by atoms with van der Waals surface area (Å²) in [5.74, 6) is 0.873. The molecule has 0 aliphatic heterocycles. The Labute approximate surface area is 77.7 Å². The molecule has 0 atom stereocenters. The summed E-state index contributed by atoms with van der Waals surface area (Å²) < 4.78 is 0. The van der Waals surface area contributed by atoms with Crippen molar-refractivity contribution in [3.05, 3.63) is 0 Å². The summed E-state index contributed by atoms with van der Waals surface area (Å²) in [6.07, 6.45) is 0.959. The molecule has 72 valence electrons. The first-order valence-corrected chi connectivity index (χ1v) is 5.17. The average Bonchev–Trinajstić information content (AvgIpc) is 1.98. The summed E-state index contributed by atoms with van der Waals surface area (Å²) in [6, 6.07) is 0. The molecule has 0 aromatic heterocycles. The Morgan fingerprint density at radius 1 is 1.58 bits per heavy atom. The molecule has 3 N–H and O–H groups in total. The van der Waals surface area contributed by atoms with E-state index >= 15 is 0 Å². The van der Waals surface area contributed by atoms with Crippen molar-refractivity contribution in [2.24, 2.45) is 11.1 Å². The third-order valence-electron chi connectivity index (χ3n) is 1.53. The summed E-state index contributed by atoms with van der Waals surface area (Å²) in [7, 11) is 0. The summed E-state index contributed by atoms with van der Waals surface area (Å²) >= 11 is 1.65. The molecular formula is C8H17NO2S. The minimum absolute atomic E-state index is 0.612. The summed E-state index contributed by atoms with van der Waals surface area (Å²) in [5, 5.41) is 8.76. The van der Waals surface area contributed by atoms with Gasteiger partial charge in [-0.25, -0.2) is 0 Å². The number of carbonyl (C=O) groups is 1. The number of rotatable bonds is 6. The fourth-order valence-electron chi connectivity index (χ4n) is 0.574. The third kappa shape index (κ3) is 4.62. The molecule has 0 aliphatic carbocycles. The number of carboxylic acid groups (broad SMARTS) is 1. The van der Waals surface area contributed by atoms with Gasteiger partial charge in [0.05, 0.1) is 5.41 Å². The van der Waals surface area contributed by atoms with Crippen molar-refractivity contribution < 1.29 is 9.90 Å². The van der Waals surface area contributed by atoms with E-state index in [1.165, 1.54) is 0 Å². The predicted octanol–water partition coefficient (Wildman–Crippen LogP) is 1.18. The SMILES string of the molecule is CC(C)(CSCCCN)C(=O)O. The lowest BCUT2D eigenvalue weighted by molar-refractivity contribution is -0.145. The Balaban J connectivity index is 3.54. The Morgan fingerprint density at radius 2 is 2.17 bits per heavy atom. The maximum absolute atomic E-state index is 10.6. The molecule has 0 saturated heterocycles. The summed E-state index contributed by atoms with van der Waals surface area (Å²) in [5.41, 5.74) is 4.70. The number of hydrogen-bond acceptors (Lipinski definition) is 3. The number of hydrogen-bond donors (Lipinski definition) is 2. The van der Waals surface area contributed by atoms with E-state index in [2.05, 4.69) is 0 Å². The molecule has 4 heteroatoms. The van der Waals surface area contributed by atoms with Crippen molar-refractivity contribution in [1.82, 2.24) is 0 Å². The van der Waals surface area contributed by atoms with Crippen molar-refractivity contribution in [1.29, 1.82) is 0 Å². The van der Waals surface area contributed by atoms with Gasteiger partial charge in [-0.15, -0.1) is 0 Å². The highest BCUT2D eigenvalue weighted by Gasteiger charge is 2.26. The van der Waals surface area contributed by atoms with Crippen LogP contribution in [0.3, 0.4) is 0 Å². The number of aliphatic carboxylic acids is 1. The second-order valence-corrected chi connectivity index (χ2v) is 4.49. The van der Waals surface area contributed by atoms with Gasteiger partial charge in [0.2, 0.25) is 0 Å². The van der Waals surface area contributed by atoms with E-state index in [1.807, 2.05) is 0 Å². The first-order valence-electron chi connectivity index (χ1n) is 4.02. The van der Waals surface area contributed by atoms with Crippen molar-refractivity contribution in [3.8, 4) is 0 Å². The second kappa shape index (κ2) is 5.43. The van der Waals surface area contributed by atoms with Crippen LogP contribution in [0.4, 0.5) is 0 Å². The highest BCUT2D eigenvalue weighted by Crippen LogP contribution is 2.21. The van der Waals surface area contributed by atoms with Gasteiger partial charge in [0.25, 0.3) is 0 Å². The minimum Gasteiger partial charge on any atom is -0.481 e. The van der Waals surface area contributed by atoms with Gasteiger partial charge in [0.15, 0.2) is 0 Å². The van der Waals surface area contributed by atoms with Crippen molar-refractivity contribution in [3.63, 3.8) is 0 Å². The highest BCUT2D eigenvalue weighted by atomic mass is 32.2. The van der Waals surface area contributed by atoms with Gasteiger partial charge in [0.1, 0.15) is 0 Å². The molecule has 0 saturated carbocycles. The molecule has 0 aromatic rings. The Hall–Kier alpha value is -0.220. The van der Waals surface area contributed by atoms with Crippen LogP contribution >= 0.6 is 11.8 Å². The molecule has 0 unspecified atom stereocenters. The lowest BCUT2D eigenvalue weighted by Gasteiger charge is -2.17. The maximum Gasteiger partial charge on any atom is 0.309 e. The van der Waals surface area contributed by atoms with Gasteiger partial charge in [0, 0.05) is 5.75 Å². The van der Waals surface area contributed by atoms with Crippen molar-refractivity contribution in [2.45, 2.75) is 20.3 Å². The molecule has 0 amide bonds. The highest BCUT2D eigenvalue weighted by molar-refractivity contribution is 7.99. The lowest BCUT2D eigenvalue weighted by Crippen LogP contribution is -2.26. The van der Waals surface area contributed by atoms with E-state index in [9.17, 15) is 4.79 Å². The second-order valence-electron chi connectivity index (χ2n) is 3.38. The first-order chi connectivity index (χ1) is 5.50. The molecule has 0 radical (unpaired) electrons. The summed E-state index contributed by atoms with van der Waals surface area (Å²) in [6.45, 7) is 4.16. The van der Waals surface area contributed by atoms with Crippen molar-refractivity contribution in [2.75, 3.05) is 18.1 Å². The van der Waals surface area contributed by atoms with E-state index in [0.29, 0.717) is 12.3 Å². The number of carboxylic acids is 1. The van der Waals surface area contributed by atoms with Crippen molar-refractivity contribution >= 4 is 17.7 Å². The van der Waals surface area contributed by atoms with E-state index < -0.39 is 11.4 Å². The molecule has 3 nitrogen and oxygen atoms in total. The maximum atomic E-state index is 10.6. The van der Waals surface area contributed by atoms with E-state index in [4.69, 9.17) is 10.8 Å². The largest absolute Gasteiger partial charge is 0.481 e. The molecule has 0 aromatic carbocycles. The average molecular weight is 191 g/mol. The van der Waals surface area contributed by atoms with E-state index in [-0.39, 0.29) is 0 Å². The van der Waals surface area contributed by atoms with Gasteiger partial charge in [-0.05, 0) is 32.6 Å². The molecule has 0 heterocycles. The first kappa shape index (κ1) is 11.8. The normalized spacial score (nSPS) is 11.6. The van der Waals surface area contributed by atoms with Crippen LogP contribution in [0.2, 0.25) is 0 Å². The van der Waals surface area contributed by atoms with Crippen LogP contribution in [0.5, 0.6) is 0 Å². The van der Waals surface area contributed by atoms with Gasteiger partial charge in [-0.2, -0.15) is 11.8 Å². The Bertz CT molecular complexity index is 148. The van der Waals surface area contributed by atoms with Crippen LogP contribution in [0.25, 0.3) is 0 Å². The lowest BCUT2D eigenvalue weighted by atomic mass is 9.97. The predicted molar refractivity (Wildman–Crippen MR) is 52.4 cm³/mol. The standard InChI is InChI=1S/C8H17NO2S/c1-8(2,7(10)11)6-12-5-3-4-9/h3-6,9H2,1-2H3,(H,10,11). The molecule has 0 aliphatic rings. The van der Waals surface area contributed by atoms with Crippen LogP contribution in [0, 0.1) is 5.41 Å². The Kier molecular flexibility index (Phi) is 5.33. The number of thioether (sulfide) groups is 1.